The van der Waals surface area contributed by atoms with Gasteiger partial charge in [-0.2, -0.15) is 5.10 Å². The van der Waals surface area contributed by atoms with Gasteiger partial charge in [0.2, 0.25) is 0 Å². The average Bonchev–Trinajstić information content (AvgIpc) is 2.61. The second-order valence-corrected chi connectivity index (χ2v) is 6.77. The molecule has 1 unspecified atom stereocenters. The number of aromatic nitrogens is 1. The summed E-state index contributed by atoms with van der Waals surface area (Å²) in [6.45, 7) is 1.80. The standard InChI is InChI=1S/C17H18ClN3O3S/c1-11(25-14-6-4-5-12(18)7-14)17(22)21-20-9-13-8-15(23-2)16(24-3)10-19-13/h4-11H,1-3H3,(H,21,22). The minimum Gasteiger partial charge on any atom is -0.493 e. The smallest absolute Gasteiger partial charge is 0.253 e. The highest BCUT2D eigenvalue weighted by molar-refractivity contribution is 8.00. The molecule has 1 amide bonds. The third-order valence-corrected chi connectivity index (χ3v) is 4.47. The van der Waals surface area contributed by atoms with Crippen molar-refractivity contribution < 1.29 is 14.3 Å². The minimum atomic E-state index is -0.325. The molecule has 0 aliphatic heterocycles. The van der Waals surface area contributed by atoms with Crippen molar-refractivity contribution in [2.24, 2.45) is 5.10 Å². The van der Waals surface area contributed by atoms with Crippen molar-refractivity contribution in [2.75, 3.05) is 14.2 Å². The first-order valence-corrected chi connectivity index (χ1v) is 8.62. The van der Waals surface area contributed by atoms with Gasteiger partial charge in [-0.3, -0.25) is 9.78 Å². The molecule has 1 N–H and O–H groups in total. The number of hydrazone groups is 1. The Balaban J connectivity index is 1.93. The molecule has 0 spiro atoms. The molecular formula is C17H18ClN3O3S. The number of rotatable bonds is 7. The lowest BCUT2D eigenvalue weighted by atomic mass is 10.3. The molecule has 1 aromatic carbocycles. The van der Waals surface area contributed by atoms with Crippen LogP contribution >= 0.6 is 23.4 Å². The highest BCUT2D eigenvalue weighted by Crippen LogP contribution is 2.26. The number of hydrogen-bond acceptors (Lipinski definition) is 6. The summed E-state index contributed by atoms with van der Waals surface area (Å²) in [6, 6.07) is 9.01. The third-order valence-electron chi connectivity index (χ3n) is 3.14. The number of nitrogens with zero attached hydrogens (tertiary/aromatic N) is 2. The summed E-state index contributed by atoms with van der Waals surface area (Å²) < 4.78 is 10.3. The first-order chi connectivity index (χ1) is 12.0. The van der Waals surface area contributed by atoms with Gasteiger partial charge in [0.25, 0.3) is 5.91 Å². The molecule has 6 nitrogen and oxygen atoms in total. The van der Waals surface area contributed by atoms with E-state index in [1.165, 1.54) is 38.4 Å². The van der Waals surface area contributed by atoms with Crippen molar-refractivity contribution in [3.8, 4) is 11.5 Å². The molecule has 1 aromatic heterocycles. The molecule has 0 saturated heterocycles. The summed E-state index contributed by atoms with van der Waals surface area (Å²) in [5, 5.41) is 4.24. The highest BCUT2D eigenvalue weighted by atomic mass is 35.5. The lowest BCUT2D eigenvalue weighted by Crippen LogP contribution is -2.26. The van der Waals surface area contributed by atoms with Crippen LogP contribution in [0.4, 0.5) is 0 Å². The predicted molar refractivity (Wildman–Crippen MR) is 99.8 cm³/mol. The number of carbonyl (C=O) groups is 1. The lowest BCUT2D eigenvalue weighted by Gasteiger charge is -2.09. The van der Waals surface area contributed by atoms with E-state index in [0.717, 1.165) is 4.90 Å². The highest BCUT2D eigenvalue weighted by Gasteiger charge is 2.14. The van der Waals surface area contributed by atoms with Crippen LogP contribution in [0.15, 0.2) is 46.5 Å². The summed E-state index contributed by atoms with van der Waals surface area (Å²) in [5.41, 5.74) is 3.03. The maximum atomic E-state index is 12.1. The molecule has 1 heterocycles. The number of halogens is 1. The van der Waals surface area contributed by atoms with Gasteiger partial charge in [0, 0.05) is 16.0 Å². The molecule has 2 rings (SSSR count). The summed E-state index contributed by atoms with van der Waals surface area (Å²) in [4.78, 5) is 17.2. The molecule has 132 valence electrons. The van der Waals surface area contributed by atoms with Crippen LogP contribution < -0.4 is 14.9 Å². The van der Waals surface area contributed by atoms with E-state index in [0.29, 0.717) is 22.2 Å². The Morgan fingerprint density at radius 1 is 1.32 bits per heavy atom. The summed E-state index contributed by atoms with van der Waals surface area (Å²) in [7, 11) is 3.07. The monoisotopic (exact) mass is 379 g/mol. The topological polar surface area (TPSA) is 72.8 Å². The molecule has 0 aliphatic carbocycles. The van der Waals surface area contributed by atoms with Crippen LogP contribution in [-0.4, -0.2) is 36.6 Å². The van der Waals surface area contributed by atoms with Gasteiger partial charge < -0.3 is 9.47 Å². The average molecular weight is 380 g/mol. The van der Waals surface area contributed by atoms with Crippen LogP contribution in [0.5, 0.6) is 11.5 Å². The molecular weight excluding hydrogens is 362 g/mol. The fraction of sp³-hybridized carbons (Fsp3) is 0.235. The maximum absolute atomic E-state index is 12.1. The largest absolute Gasteiger partial charge is 0.493 e. The van der Waals surface area contributed by atoms with Crippen molar-refractivity contribution >= 4 is 35.5 Å². The Hall–Kier alpha value is -2.25. The fourth-order valence-corrected chi connectivity index (χ4v) is 3.05. The van der Waals surface area contributed by atoms with Crippen molar-refractivity contribution in [1.82, 2.24) is 10.4 Å². The predicted octanol–water partition coefficient (Wildman–Crippen LogP) is 3.38. The summed E-state index contributed by atoms with van der Waals surface area (Å²) >= 11 is 7.34. The molecule has 0 saturated carbocycles. The van der Waals surface area contributed by atoms with Gasteiger partial charge in [-0.1, -0.05) is 17.7 Å². The molecule has 2 aromatic rings. The van der Waals surface area contributed by atoms with E-state index >= 15 is 0 Å². The number of thioether (sulfide) groups is 1. The van der Waals surface area contributed by atoms with E-state index in [-0.39, 0.29) is 11.2 Å². The van der Waals surface area contributed by atoms with E-state index in [1.807, 2.05) is 18.2 Å². The minimum absolute atomic E-state index is 0.221. The molecule has 25 heavy (non-hydrogen) atoms. The molecule has 0 bridgehead atoms. The molecule has 8 heteroatoms. The number of carbonyl (C=O) groups excluding carboxylic acids is 1. The molecule has 0 radical (unpaired) electrons. The Labute approximate surface area is 155 Å². The Bertz CT molecular complexity index is 771. The van der Waals surface area contributed by atoms with Crippen LogP contribution in [0.2, 0.25) is 5.02 Å². The zero-order chi connectivity index (χ0) is 18.2. The number of hydrogen-bond donors (Lipinski definition) is 1. The number of pyridine rings is 1. The molecule has 0 fully saturated rings. The zero-order valence-electron chi connectivity index (χ0n) is 14.0. The number of amides is 1. The summed E-state index contributed by atoms with van der Waals surface area (Å²) in [6.07, 6.45) is 2.97. The van der Waals surface area contributed by atoms with Crippen LogP contribution in [0.25, 0.3) is 0 Å². The van der Waals surface area contributed by atoms with E-state index in [9.17, 15) is 4.79 Å². The van der Waals surface area contributed by atoms with E-state index in [1.54, 1.807) is 19.1 Å². The fourth-order valence-electron chi connectivity index (χ4n) is 1.87. The normalized spacial score (nSPS) is 12.0. The first kappa shape index (κ1) is 19.1. The number of ether oxygens (including phenoxy) is 2. The van der Waals surface area contributed by atoms with Gasteiger partial charge in [0.15, 0.2) is 11.5 Å². The van der Waals surface area contributed by atoms with Crippen LogP contribution in [0.3, 0.4) is 0 Å². The molecule has 1 atom stereocenters. The first-order valence-electron chi connectivity index (χ1n) is 7.36. The van der Waals surface area contributed by atoms with Crippen LogP contribution in [-0.2, 0) is 4.79 Å². The maximum Gasteiger partial charge on any atom is 0.253 e. The second kappa shape index (κ2) is 9.29. The number of methoxy groups -OCH3 is 2. The van der Waals surface area contributed by atoms with E-state index in [2.05, 4.69) is 15.5 Å². The quantitative estimate of drug-likeness (QED) is 0.453. The number of nitrogens with one attached hydrogen (secondary N) is 1. The van der Waals surface area contributed by atoms with Gasteiger partial charge in [-0.05, 0) is 25.1 Å². The number of benzene rings is 1. The Morgan fingerprint density at radius 3 is 2.76 bits per heavy atom. The Kier molecular flexibility index (Phi) is 7.09. The van der Waals surface area contributed by atoms with Gasteiger partial charge in [0.05, 0.1) is 37.6 Å². The van der Waals surface area contributed by atoms with Crippen molar-refractivity contribution in [3.63, 3.8) is 0 Å². The van der Waals surface area contributed by atoms with E-state index < -0.39 is 0 Å². The van der Waals surface area contributed by atoms with E-state index in [4.69, 9.17) is 21.1 Å². The zero-order valence-corrected chi connectivity index (χ0v) is 15.6. The van der Waals surface area contributed by atoms with Crippen molar-refractivity contribution in [2.45, 2.75) is 17.1 Å². The molecule has 0 aliphatic rings. The Morgan fingerprint density at radius 2 is 2.08 bits per heavy atom. The third kappa shape index (κ3) is 5.65. The second-order valence-electron chi connectivity index (χ2n) is 4.92. The van der Waals surface area contributed by atoms with Gasteiger partial charge in [-0.25, -0.2) is 5.43 Å². The van der Waals surface area contributed by atoms with Gasteiger partial charge in [0.1, 0.15) is 0 Å². The van der Waals surface area contributed by atoms with Crippen molar-refractivity contribution in [3.05, 3.63) is 47.2 Å². The van der Waals surface area contributed by atoms with Crippen molar-refractivity contribution in [1.29, 1.82) is 0 Å². The van der Waals surface area contributed by atoms with Gasteiger partial charge in [-0.15, -0.1) is 11.8 Å². The van der Waals surface area contributed by atoms with Gasteiger partial charge >= 0.3 is 0 Å². The van der Waals surface area contributed by atoms with Crippen LogP contribution in [0.1, 0.15) is 12.6 Å². The summed E-state index contributed by atoms with van der Waals surface area (Å²) in [5.74, 6) is 0.840. The lowest BCUT2D eigenvalue weighted by molar-refractivity contribution is -0.120. The SMILES string of the molecule is COc1cnc(C=NNC(=O)C(C)Sc2cccc(Cl)c2)cc1OC. The van der Waals surface area contributed by atoms with Crippen LogP contribution in [0, 0.1) is 0 Å².